The van der Waals surface area contributed by atoms with Crippen molar-refractivity contribution in [3.63, 3.8) is 0 Å². The van der Waals surface area contributed by atoms with Gasteiger partial charge in [0.2, 0.25) is 0 Å². The van der Waals surface area contributed by atoms with Crippen molar-refractivity contribution in [2.45, 2.75) is 103 Å². The summed E-state index contributed by atoms with van der Waals surface area (Å²) >= 11 is 0. The van der Waals surface area contributed by atoms with E-state index >= 15 is 0 Å². The molecular formula is C25H47NO2. The van der Waals surface area contributed by atoms with Crippen LogP contribution in [0.5, 0.6) is 0 Å². The zero-order valence-electron chi connectivity index (χ0n) is 18.6. The molecule has 0 saturated carbocycles. The van der Waals surface area contributed by atoms with Crippen LogP contribution in [0.4, 0.5) is 0 Å². The van der Waals surface area contributed by atoms with Crippen LogP contribution in [0.15, 0.2) is 24.3 Å². The summed E-state index contributed by atoms with van der Waals surface area (Å²) in [7, 11) is 0. The summed E-state index contributed by atoms with van der Waals surface area (Å²) in [5.74, 6) is 0. The van der Waals surface area contributed by atoms with E-state index in [-0.39, 0.29) is 6.10 Å². The quantitative estimate of drug-likeness (QED) is 0.207. The number of likely N-dealkylation sites (tertiary alicyclic amines) is 1. The summed E-state index contributed by atoms with van der Waals surface area (Å²) in [6.07, 6.45) is 26.8. The molecule has 3 heteroatoms. The minimum Gasteiger partial charge on any atom is -0.389 e. The molecule has 0 aromatic rings. The molecule has 1 saturated heterocycles. The predicted octanol–water partition coefficient (Wildman–Crippen LogP) is 6.27. The summed E-state index contributed by atoms with van der Waals surface area (Å²) in [5.41, 5.74) is 0. The number of rotatable bonds is 19. The van der Waals surface area contributed by atoms with Gasteiger partial charge in [0.05, 0.1) is 12.7 Å². The molecule has 0 amide bonds. The normalized spacial score (nSPS) is 16.6. The van der Waals surface area contributed by atoms with Crippen molar-refractivity contribution in [1.29, 1.82) is 0 Å². The molecule has 28 heavy (non-hydrogen) atoms. The first-order chi connectivity index (χ1) is 13.8. The highest BCUT2D eigenvalue weighted by atomic mass is 16.5. The smallest absolute Gasteiger partial charge is 0.0900 e. The van der Waals surface area contributed by atoms with E-state index in [2.05, 4.69) is 36.1 Å². The maximum absolute atomic E-state index is 9.97. The summed E-state index contributed by atoms with van der Waals surface area (Å²) in [4.78, 5) is 2.34. The zero-order chi connectivity index (χ0) is 20.1. The predicted molar refractivity (Wildman–Crippen MR) is 122 cm³/mol. The van der Waals surface area contributed by atoms with E-state index in [1.165, 1.54) is 77.0 Å². The monoisotopic (exact) mass is 393 g/mol. The minimum absolute atomic E-state index is 0.317. The third-order valence-corrected chi connectivity index (χ3v) is 5.47. The van der Waals surface area contributed by atoms with Crippen LogP contribution in [-0.2, 0) is 4.74 Å². The number of nitrogens with zero attached hydrogens (tertiary/aromatic N) is 1. The number of allylic oxidation sites excluding steroid dienone is 4. The first-order valence-corrected chi connectivity index (χ1v) is 12.1. The van der Waals surface area contributed by atoms with Gasteiger partial charge in [-0.3, -0.25) is 0 Å². The lowest BCUT2D eigenvalue weighted by atomic mass is 10.1. The molecule has 1 fully saturated rings. The molecule has 1 aliphatic rings. The Kier molecular flexibility index (Phi) is 17.8. The number of unbranched alkanes of at least 4 members (excludes halogenated alkanes) is 9. The second-order valence-electron chi connectivity index (χ2n) is 8.32. The standard InChI is InChI=1S/C25H47NO2/c1-2-3-4-5-6-7-8-9-10-11-12-13-14-15-16-19-22-28-24-25(27)23-26-20-17-18-21-26/h6-7,9-10,25,27H,2-5,8,11-24H2,1H3. The van der Waals surface area contributed by atoms with E-state index in [4.69, 9.17) is 4.74 Å². The Bertz CT molecular complexity index is 375. The van der Waals surface area contributed by atoms with Crippen LogP contribution < -0.4 is 0 Å². The molecule has 3 nitrogen and oxygen atoms in total. The van der Waals surface area contributed by atoms with Crippen molar-refractivity contribution < 1.29 is 9.84 Å². The molecule has 1 atom stereocenters. The molecule has 1 unspecified atom stereocenters. The number of aliphatic hydroxyl groups is 1. The van der Waals surface area contributed by atoms with E-state index in [0.29, 0.717) is 6.61 Å². The molecule has 1 rings (SSSR count). The number of aliphatic hydroxyl groups excluding tert-OH is 1. The SMILES string of the molecule is CCCCCC=CCC=CCCCCCCCCOCC(O)CN1CCCC1. The van der Waals surface area contributed by atoms with E-state index in [1.54, 1.807) is 0 Å². The average molecular weight is 394 g/mol. The minimum atomic E-state index is -0.317. The zero-order valence-corrected chi connectivity index (χ0v) is 18.6. The summed E-state index contributed by atoms with van der Waals surface area (Å²) in [6, 6.07) is 0. The van der Waals surface area contributed by atoms with E-state index < -0.39 is 0 Å². The van der Waals surface area contributed by atoms with Gasteiger partial charge >= 0.3 is 0 Å². The van der Waals surface area contributed by atoms with Crippen molar-refractivity contribution in [1.82, 2.24) is 4.90 Å². The Labute approximate surface area is 175 Å². The summed E-state index contributed by atoms with van der Waals surface area (Å²) in [6.45, 7) is 6.61. The van der Waals surface area contributed by atoms with Gasteiger partial charge in [0.25, 0.3) is 0 Å². The fraction of sp³-hybridized carbons (Fsp3) is 0.840. The Morgan fingerprint density at radius 1 is 0.821 bits per heavy atom. The van der Waals surface area contributed by atoms with Gasteiger partial charge in [-0.25, -0.2) is 0 Å². The first-order valence-electron chi connectivity index (χ1n) is 12.1. The molecule has 0 aromatic carbocycles. The maximum Gasteiger partial charge on any atom is 0.0900 e. The van der Waals surface area contributed by atoms with Crippen LogP contribution in [0.3, 0.4) is 0 Å². The van der Waals surface area contributed by atoms with Gasteiger partial charge in [-0.05, 0) is 64.5 Å². The summed E-state index contributed by atoms with van der Waals surface area (Å²) < 4.78 is 5.63. The topological polar surface area (TPSA) is 32.7 Å². The van der Waals surface area contributed by atoms with Crippen molar-refractivity contribution in [2.24, 2.45) is 0 Å². The van der Waals surface area contributed by atoms with Crippen LogP contribution in [0, 0.1) is 0 Å². The van der Waals surface area contributed by atoms with Crippen LogP contribution in [0.25, 0.3) is 0 Å². The number of β-amino-alcohol motifs (C(OH)–C–C–N with tert-alkyl or cyclic N) is 1. The Morgan fingerprint density at radius 2 is 1.43 bits per heavy atom. The highest BCUT2D eigenvalue weighted by Crippen LogP contribution is 2.09. The fourth-order valence-corrected chi connectivity index (χ4v) is 3.73. The summed E-state index contributed by atoms with van der Waals surface area (Å²) in [5, 5.41) is 9.97. The number of hydrogen-bond donors (Lipinski definition) is 1. The molecule has 0 aromatic heterocycles. The third kappa shape index (κ3) is 16.3. The lowest BCUT2D eigenvalue weighted by molar-refractivity contribution is 0.0192. The van der Waals surface area contributed by atoms with Crippen LogP contribution >= 0.6 is 0 Å². The molecular weight excluding hydrogens is 346 g/mol. The van der Waals surface area contributed by atoms with Crippen molar-refractivity contribution in [3.8, 4) is 0 Å². The Balaban J connectivity index is 1.75. The highest BCUT2D eigenvalue weighted by Gasteiger charge is 2.15. The average Bonchev–Trinajstić information content (AvgIpc) is 3.20. The molecule has 0 bridgehead atoms. The van der Waals surface area contributed by atoms with Crippen molar-refractivity contribution >= 4 is 0 Å². The molecule has 1 heterocycles. The lowest BCUT2D eigenvalue weighted by Gasteiger charge is -2.19. The largest absolute Gasteiger partial charge is 0.389 e. The molecule has 0 aliphatic carbocycles. The maximum atomic E-state index is 9.97. The Hall–Kier alpha value is -0.640. The van der Waals surface area contributed by atoms with Gasteiger partial charge in [0.1, 0.15) is 0 Å². The van der Waals surface area contributed by atoms with Crippen molar-refractivity contribution in [2.75, 3.05) is 32.8 Å². The highest BCUT2D eigenvalue weighted by molar-refractivity contribution is 4.92. The lowest BCUT2D eigenvalue weighted by Crippen LogP contribution is -2.32. The number of ether oxygens (including phenoxy) is 1. The van der Waals surface area contributed by atoms with E-state index in [9.17, 15) is 5.11 Å². The molecule has 0 spiro atoms. The van der Waals surface area contributed by atoms with Gasteiger partial charge in [-0.2, -0.15) is 0 Å². The molecule has 1 aliphatic heterocycles. The molecule has 1 N–H and O–H groups in total. The van der Waals surface area contributed by atoms with Gasteiger partial charge in [0.15, 0.2) is 0 Å². The second kappa shape index (κ2) is 19.7. The number of hydrogen-bond acceptors (Lipinski definition) is 3. The first kappa shape index (κ1) is 25.4. The van der Waals surface area contributed by atoms with Gasteiger partial charge < -0.3 is 14.7 Å². The van der Waals surface area contributed by atoms with Crippen molar-refractivity contribution in [3.05, 3.63) is 24.3 Å². The van der Waals surface area contributed by atoms with Gasteiger partial charge in [-0.15, -0.1) is 0 Å². The van der Waals surface area contributed by atoms with Crippen LogP contribution in [-0.4, -0.2) is 49.0 Å². The third-order valence-electron chi connectivity index (χ3n) is 5.47. The Morgan fingerprint density at radius 3 is 2.11 bits per heavy atom. The van der Waals surface area contributed by atoms with Crippen LogP contribution in [0.2, 0.25) is 0 Å². The molecule has 164 valence electrons. The molecule has 0 radical (unpaired) electrons. The van der Waals surface area contributed by atoms with E-state index in [0.717, 1.165) is 39.1 Å². The van der Waals surface area contributed by atoms with Crippen LogP contribution in [0.1, 0.15) is 96.8 Å². The fourth-order valence-electron chi connectivity index (χ4n) is 3.73. The van der Waals surface area contributed by atoms with Gasteiger partial charge in [0, 0.05) is 13.2 Å². The second-order valence-corrected chi connectivity index (χ2v) is 8.32. The van der Waals surface area contributed by atoms with Gasteiger partial charge in [-0.1, -0.05) is 69.8 Å². The van der Waals surface area contributed by atoms with E-state index in [1.807, 2.05) is 0 Å².